The lowest BCUT2D eigenvalue weighted by molar-refractivity contribution is -0.121. The number of hydrogen-bond acceptors (Lipinski definition) is 3. The molecule has 0 aromatic heterocycles. The zero-order chi connectivity index (χ0) is 12.6. The van der Waals surface area contributed by atoms with Crippen LogP contribution in [0.4, 0.5) is 5.69 Å². The third-order valence-electron chi connectivity index (χ3n) is 2.52. The van der Waals surface area contributed by atoms with E-state index in [9.17, 15) is 14.4 Å². The van der Waals surface area contributed by atoms with Gasteiger partial charge < -0.3 is 5.73 Å². The predicted molar refractivity (Wildman–Crippen MR) is 61.7 cm³/mol. The molecular weight excluding hydrogens is 244 g/mol. The van der Waals surface area contributed by atoms with Crippen LogP contribution in [-0.2, 0) is 9.59 Å². The molecule has 0 bridgehead atoms. The van der Waals surface area contributed by atoms with Crippen LogP contribution >= 0.6 is 11.6 Å². The lowest BCUT2D eigenvalue weighted by Gasteiger charge is -2.16. The molecular formula is C11H9ClN2O3. The number of carbonyl (C=O) groups is 3. The number of nitrogens with zero attached hydrogens (tertiary/aromatic N) is 1. The summed E-state index contributed by atoms with van der Waals surface area (Å²) in [5, 5.41) is 0.321. The van der Waals surface area contributed by atoms with Crippen molar-refractivity contribution in [2.45, 2.75) is 12.8 Å². The van der Waals surface area contributed by atoms with Gasteiger partial charge >= 0.3 is 0 Å². The molecule has 2 rings (SSSR count). The molecule has 0 saturated carbocycles. The molecule has 3 amide bonds. The molecule has 1 aliphatic rings. The van der Waals surface area contributed by atoms with Crippen LogP contribution in [0.25, 0.3) is 0 Å². The molecule has 5 nitrogen and oxygen atoms in total. The van der Waals surface area contributed by atoms with Gasteiger partial charge in [-0.15, -0.1) is 0 Å². The molecule has 1 aliphatic heterocycles. The van der Waals surface area contributed by atoms with Crippen LogP contribution in [0.2, 0.25) is 5.02 Å². The van der Waals surface area contributed by atoms with Crippen LogP contribution in [0.15, 0.2) is 18.2 Å². The van der Waals surface area contributed by atoms with Gasteiger partial charge in [0, 0.05) is 17.9 Å². The first-order valence-electron chi connectivity index (χ1n) is 4.96. The third-order valence-corrected chi connectivity index (χ3v) is 2.75. The van der Waals surface area contributed by atoms with E-state index >= 15 is 0 Å². The van der Waals surface area contributed by atoms with Gasteiger partial charge in [0.1, 0.15) is 0 Å². The van der Waals surface area contributed by atoms with E-state index in [4.69, 9.17) is 17.3 Å². The molecule has 1 saturated heterocycles. The maximum absolute atomic E-state index is 11.6. The Morgan fingerprint density at radius 1 is 1.24 bits per heavy atom. The van der Waals surface area contributed by atoms with Crippen LogP contribution in [0.3, 0.4) is 0 Å². The number of hydrogen-bond donors (Lipinski definition) is 1. The van der Waals surface area contributed by atoms with E-state index in [0.29, 0.717) is 5.02 Å². The molecule has 1 aromatic rings. The number of imide groups is 1. The van der Waals surface area contributed by atoms with Gasteiger partial charge in [0.15, 0.2) is 0 Å². The Labute approximate surface area is 102 Å². The lowest BCUT2D eigenvalue weighted by atomic mass is 10.1. The maximum Gasteiger partial charge on any atom is 0.250 e. The number of anilines is 1. The molecule has 88 valence electrons. The van der Waals surface area contributed by atoms with E-state index < -0.39 is 5.91 Å². The smallest absolute Gasteiger partial charge is 0.250 e. The summed E-state index contributed by atoms with van der Waals surface area (Å²) in [7, 11) is 0. The topological polar surface area (TPSA) is 80.5 Å². The Bertz CT molecular complexity index is 511. The van der Waals surface area contributed by atoms with E-state index in [1.54, 1.807) is 0 Å². The monoisotopic (exact) mass is 252 g/mol. The Morgan fingerprint density at radius 3 is 2.35 bits per heavy atom. The fourth-order valence-corrected chi connectivity index (χ4v) is 1.92. The van der Waals surface area contributed by atoms with Crippen molar-refractivity contribution in [1.82, 2.24) is 0 Å². The fourth-order valence-electron chi connectivity index (χ4n) is 1.75. The van der Waals surface area contributed by atoms with E-state index in [1.807, 2.05) is 0 Å². The fraction of sp³-hybridized carbons (Fsp3) is 0.182. The molecule has 2 N–H and O–H groups in total. The molecule has 17 heavy (non-hydrogen) atoms. The highest BCUT2D eigenvalue weighted by atomic mass is 35.5. The average molecular weight is 253 g/mol. The minimum atomic E-state index is -0.727. The highest BCUT2D eigenvalue weighted by Crippen LogP contribution is 2.28. The summed E-state index contributed by atoms with van der Waals surface area (Å²) in [5.74, 6) is -1.39. The zero-order valence-electron chi connectivity index (χ0n) is 8.77. The van der Waals surface area contributed by atoms with Gasteiger partial charge in [-0.2, -0.15) is 0 Å². The number of carbonyl (C=O) groups excluding carboxylic acids is 3. The first-order chi connectivity index (χ1) is 8.00. The maximum atomic E-state index is 11.6. The second kappa shape index (κ2) is 4.18. The minimum absolute atomic E-state index is 0.0705. The molecule has 0 radical (unpaired) electrons. The summed E-state index contributed by atoms with van der Waals surface area (Å²) in [6, 6.07) is 4.30. The third kappa shape index (κ3) is 2.01. The van der Waals surface area contributed by atoms with Gasteiger partial charge in [-0.25, -0.2) is 4.90 Å². The van der Waals surface area contributed by atoms with Crippen molar-refractivity contribution in [2.75, 3.05) is 4.90 Å². The van der Waals surface area contributed by atoms with E-state index in [1.165, 1.54) is 18.2 Å². The lowest BCUT2D eigenvalue weighted by Crippen LogP contribution is -2.31. The molecule has 0 spiro atoms. The van der Waals surface area contributed by atoms with Crippen LogP contribution < -0.4 is 10.6 Å². The number of rotatable bonds is 2. The van der Waals surface area contributed by atoms with Crippen molar-refractivity contribution in [1.29, 1.82) is 0 Å². The summed E-state index contributed by atoms with van der Waals surface area (Å²) in [4.78, 5) is 35.4. The molecule has 1 fully saturated rings. The molecule has 0 atom stereocenters. The summed E-state index contributed by atoms with van der Waals surface area (Å²) in [5.41, 5.74) is 5.47. The van der Waals surface area contributed by atoms with Gasteiger partial charge in [0.2, 0.25) is 11.8 Å². The minimum Gasteiger partial charge on any atom is -0.366 e. The molecule has 6 heteroatoms. The van der Waals surface area contributed by atoms with Crippen molar-refractivity contribution >= 4 is 35.0 Å². The Kier molecular flexibility index (Phi) is 2.85. The van der Waals surface area contributed by atoms with Crippen molar-refractivity contribution in [2.24, 2.45) is 5.73 Å². The molecule has 1 aromatic carbocycles. The van der Waals surface area contributed by atoms with Gasteiger partial charge in [0.25, 0.3) is 5.91 Å². The SMILES string of the molecule is NC(=O)c1cc(Cl)ccc1N1C(=O)CCC1=O. The quantitative estimate of drug-likeness (QED) is 0.800. The first kappa shape index (κ1) is 11.6. The Morgan fingerprint density at radius 2 is 1.82 bits per heavy atom. The van der Waals surface area contributed by atoms with Crippen molar-refractivity contribution in [3.05, 3.63) is 28.8 Å². The summed E-state index contributed by atoms with van der Waals surface area (Å²) in [6.07, 6.45) is 0.305. The normalized spacial score (nSPS) is 15.5. The van der Waals surface area contributed by atoms with E-state index in [-0.39, 0.29) is 35.9 Å². The Hall–Kier alpha value is -1.88. The average Bonchev–Trinajstić information content (AvgIpc) is 2.59. The predicted octanol–water partition coefficient (Wildman–Crippen LogP) is 1.09. The highest BCUT2D eigenvalue weighted by molar-refractivity contribution is 6.31. The van der Waals surface area contributed by atoms with E-state index in [0.717, 1.165) is 4.90 Å². The molecule has 0 unspecified atom stereocenters. The molecule has 0 aliphatic carbocycles. The first-order valence-corrected chi connectivity index (χ1v) is 5.33. The number of benzene rings is 1. The second-order valence-corrected chi connectivity index (χ2v) is 4.09. The van der Waals surface area contributed by atoms with Crippen molar-refractivity contribution in [3.63, 3.8) is 0 Å². The van der Waals surface area contributed by atoms with Gasteiger partial charge in [-0.05, 0) is 18.2 Å². The largest absolute Gasteiger partial charge is 0.366 e. The Balaban J connectivity index is 2.55. The number of primary amides is 1. The second-order valence-electron chi connectivity index (χ2n) is 3.65. The summed E-state index contributed by atoms with van der Waals surface area (Å²) < 4.78 is 0. The standard InChI is InChI=1S/C11H9ClN2O3/c12-6-1-2-8(7(5-6)11(13)17)14-9(15)3-4-10(14)16/h1-2,5H,3-4H2,(H2,13,17). The summed E-state index contributed by atoms with van der Waals surface area (Å²) >= 11 is 5.74. The van der Waals surface area contributed by atoms with Crippen LogP contribution in [-0.4, -0.2) is 17.7 Å². The van der Waals surface area contributed by atoms with Crippen LogP contribution in [0.1, 0.15) is 23.2 Å². The van der Waals surface area contributed by atoms with Crippen molar-refractivity contribution < 1.29 is 14.4 Å². The zero-order valence-corrected chi connectivity index (χ0v) is 9.53. The number of amides is 3. The summed E-state index contributed by atoms with van der Waals surface area (Å²) in [6.45, 7) is 0. The van der Waals surface area contributed by atoms with Gasteiger partial charge in [0.05, 0.1) is 11.3 Å². The number of nitrogens with two attached hydrogens (primary N) is 1. The highest BCUT2D eigenvalue weighted by Gasteiger charge is 2.32. The van der Waals surface area contributed by atoms with Crippen molar-refractivity contribution in [3.8, 4) is 0 Å². The van der Waals surface area contributed by atoms with Crippen LogP contribution in [0, 0.1) is 0 Å². The van der Waals surface area contributed by atoms with Crippen LogP contribution in [0.5, 0.6) is 0 Å². The van der Waals surface area contributed by atoms with E-state index in [2.05, 4.69) is 0 Å². The molecule has 1 heterocycles. The van der Waals surface area contributed by atoms with Gasteiger partial charge in [-0.1, -0.05) is 11.6 Å². The van der Waals surface area contributed by atoms with Gasteiger partial charge in [-0.3, -0.25) is 14.4 Å². The number of halogens is 1.